The third kappa shape index (κ3) is 3.36. The van der Waals surface area contributed by atoms with Crippen molar-refractivity contribution in [3.63, 3.8) is 0 Å². The second kappa shape index (κ2) is 7.55. The van der Waals surface area contributed by atoms with Crippen molar-refractivity contribution in [2.24, 2.45) is 0 Å². The van der Waals surface area contributed by atoms with Crippen LogP contribution in [0.3, 0.4) is 0 Å². The molecule has 8 nitrogen and oxygen atoms in total. The van der Waals surface area contributed by atoms with Crippen LogP contribution in [-0.2, 0) is 9.59 Å². The second-order valence-corrected chi connectivity index (χ2v) is 7.32. The molecule has 0 spiro atoms. The molecule has 1 heterocycles. The molecule has 1 aliphatic heterocycles. The van der Waals surface area contributed by atoms with Gasteiger partial charge in [-0.05, 0) is 42.7 Å². The van der Waals surface area contributed by atoms with Crippen LogP contribution in [0.2, 0.25) is 0 Å². The number of aromatic carboxylic acids is 1. The summed E-state index contributed by atoms with van der Waals surface area (Å²) in [5.74, 6) is -1.73. The lowest BCUT2D eigenvalue weighted by molar-refractivity contribution is -0.384. The lowest BCUT2D eigenvalue weighted by atomic mass is 9.77. The Morgan fingerprint density at radius 2 is 1.70 bits per heavy atom. The fourth-order valence-corrected chi connectivity index (χ4v) is 4.16. The largest absolute Gasteiger partial charge is 0.478 e. The molecule has 0 saturated heterocycles. The van der Waals surface area contributed by atoms with E-state index >= 15 is 0 Å². The van der Waals surface area contributed by atoms with E-state index in [2.05, 4.69) is 0 Å². The van der Waals surface area contributed by atoms with E-state index in [4.69, 9.17) is 5.11 Å². The molecule has 2 aliphatic rings. The topological polar surface area (TPSA) is 118 Å². The van der Waals surface area contributed by atoms with E-state index in [1.807, 2.05) is 0 Å². The van der Waals surface area contributed by atoms with E-state index in [0.29, 0.717) is 41.8 Å². The molecule has 1 N–H and O–H groups in total. The lowest BCUT2D eigenvalue weighted by Gasteiger charge is -2.38. The van der Waals surface area contributed by atoms with E-state index in [-0.39, 0.29) is 29.4 Å². The number of benzene rings is 2. The number of amides is 1. The molecule has 1 amide bonds. The standard InChI is InChI=1S/C22H18N2O6/c25-19-3-1-2-18-21(19)17(13-4-10-16(11-5-13)24(29)30)12-20(26)23(18)15-8-6-14(7-9-15)22(27)28/h4-11,17H,1-3,12H2,(H,27,28)/t17-/m1/s1. The molecule has 0 bridgehead atoms. The SMILES string of the molecule is O=C1CCCC2=C1[C@@H](c1ccc([N+](=O)[O-])cc1)CC(=O)N2c1ccc(C(=O)O)cc1. The summed E-state index contributed by atoms with van der Waals surface area (Å²) in [6.07, 6.45) is 1.63. The zero-order valence-electron chi connectivity index (χ0n) is 15.9. The molecule has 0 radical (unpaired) electrons. The molecule has 8 heteroatoms. The normalized spacial score (nSPS) is 18.9. The molecule has 2 aromatic carbocycles. The van der Waals surface area contributed by atoms with Gasteiger partial charge in [0.05, 0.1) is 10.5 Å². The molecular weight excluding hydrogens is 388 g/mol. The minimum Gasteiger partial charge on any atom is -0.478 e. The summed E-state index contributed by atoms with van der Waals surface area (Å²) in [6.45, 7) is 0. The molecule has 0 saturated carbocycles. The van der Waals surface area contributed by atoms with E-state index in [0.717, 1.165) is 0 Å². The van der Waals surface area contributed by atoms with E-state index in [1.165, 1.54) is 29.2 Å². The Kier molecular flexibility index (Phi) is 4.91. The maximum absolute atomic E-state index is 13.1. The van der Waals surface area contributed by atoms with E-state index in [1.54, 1.807) is 24.3 Å². The van der Waals surface area contributed by atoms with E-state index in [9.17, 15) is 24.5 Å². The van der Waals surface area contributed by atoms with Crippen LogP contribution in [0.25, 0.3) is 0 Å². The molecule has 0 aromatic heterocycles. The van der Waals surface area contributed by atoms with Gasteiger partial charge in [-0.15, -0.1) is 0 Å². The number of non-ortho nitro benzene ring substituents is 1. The maximum Gasteiger partial charge on any atom is 0.335 e. The molecule has 2 aromatic rings. The van der Waals surface area contributed by atoms with E-state index < -0.39 is 16.8 Å². The number of carboxylic acids is 1. The Bertz CT molecular complexity index is 1090. The van der Waals surface area contributed by atoms with Crippen molar-refractivity contribution in [2.45, 2.75) is 31.6 Å². The van der Waals surface area contributed by atoms with Crippen LogP contribution in [0.5, 0.6) is 0 Å². The minimum atomic E-state index is -1.06. The number of ketones is 1. The quantitative estimate of drug-likeness (QED) is 0.609. The van der Waals surface area contributed by atoms with Crippen molar-refractivity contribution < 1.29 is 24.4 Å². The van der Waals surface area contributed by atoms with Crippen molar-refractivity contribution in [2.75, 3.05) is 4.90 Å². The second-order valence-electron chi connectivity index (χ2n) is 7.32. The average molecular weight is 406 g/mol. The number of nitro groups is 1. The zero-order valence-corrected chi connectivity index (χ0v) is 15.9. The van der Waals surface area contributed by atoms with Crippen LogP contribution >= 0.6 is 0 Å². The minimum absolute atomic E-state index is 0.0285. The monoisotopic (exact) mass is 406 g/mol. The third-order valence-corrected chi connectivity index (χ3v) is 5.55. The highest BCUT2D eigenvalue weighted by molar-refractivity contribution is 6.07. The molecule has 30 heavy (non-hydrogen) atoms. The Hall–Kier alpha value is -3.81. The molecular formula is C22H18N2O6. The van der Waals surface area contributed by atoms with Crippen molar-refractivity contribution in [3.8, 4) is 0 Å². The smallest absolute Gasteiger partial charge is 0.335 e. The Balaban J connectivity index is 1.78. The van der Waals surface area contributed by atoms with Crippen LogP contribution < -0.4 is 4.90 Å². The van der Waals surface area contributed by atoms with Gasteiger partial charge in [-0.25, -0.2) is 4.79 Å². The number of hydrogen-bond donors (Lipinski definition) is 1. The number of allylic oxidation sites excluding steroid dienone is 2. The predicted molar refractivity (Wildman–Crippen MR) is 107 cm³/mol. The number of nitrogens with zero attached hydrogens (tertiary/aromatic N) is 2. The number of nitro benzene ring substituents is 1. The van der Waals surface area contributed by atoms with Gasteiger partial charge in [0.1, 0.15) is 0 Å². The van der Waals surface area contributed by atoms with Gasteiger partial charge in [-0.2, -0.15) is 0 Å². The number of carboxylic acid groups (broad SMARTS) is 1. The molecule has 0 unspecified atom stereocenters. The van der Waals surface area contributed by atoms with Crippen molar-refractivity contribution in [1.29, 1.82) is 0 Å². The van der Waals surface area contributed by atoms with Crippen molar-refractivity contribution in [3.05, 3.63) is 81.0 Å². The first kappa shape index (κ1) is 19.5. The first-order chi connectivity index (χ1) is 14.4. The Morgan fingerprint density at radius 3 is 2.30 bits per heavy atom. The summed E-state index contributed by atoms with van der Waals surface area (Å²) in [6, 6.07) is 11.9. The fourth-order valence-electron chi connectivity index (χ4n) is 4.16. The van der Waals surface area contributed by atoms with Crippen LogP contribution in [0.4, 0.5) is 11.4 Å². The van der Waals surface area contributed by atoms with Crippen LogP contribution in [0, 0.1) is 10.1 Å². The van der Waals surface area contributed by atoms with Gasteiger partial charge in [0.2, 0.25) is 5.91 Å². The number of carbonyl (C=O) groups excluding carboxylic acids is 2. The molecule has 1 atom stereocenters. The van der Waals surface area contributed by atoms with Crippen LogP contribution in [0.1, 0.15) is 47.5 Å². The Labute approximate surface area is 171 Å². The van der Waals surface area contributed by atoms with Gasteiger partial charge in [0, 0.05) is 47.8 Å². The fraction of sp³-hybridized carbons (Fsp3) is 0.227. The zero-order chi connectivity index (χ0) is 21.4. The van der Waals surface area contributed by atoms with Crippen LogP contribution in [0.15, 0.2) is 59.8 Å². The highest BCUT2D eigenvalue weighted by Gasteiger charge is 2.39. The number of hydrogen-bond acceptors (Lipinski definition) is 5. The third-order valence-electron chi connectivity index (χ3n) is 5.55. The van der Waals surface area contributed by atoms with Crippen molar-refractivity contribution >= 4 is 29.0 Å². The summed E-state index contributed by atoms with van der Waals surface area (Å²) in [5.41, 5.74) is 2.48. The van der Waals surface area contributed by atoms with Gasteiger partial charge in [-0.3, -0.25) is 24.6 Å². The molecule has 152 valence electrons. The van der Waals surface area contributed by atoms with Gasteiger partial charge in [0.15, 0.2) is 5.78 Å². The summed E-state index contributed by atoms with van der Waals surface area (Å²) >= 11 is 0. The first-order valence-corrected chi connectivity index (χ1v) is 9.53. The highest BCUT2D eigenvalue weighted by atomic mass is 16.6. The summed E-state index contributed by atoms with van der Waals surface area (Å²) in [4.78, 5) is 49.0. The lowest BCUT2D eigenvalue weighted by Crippen LogP contribution is -2.40. The maximum atomic E-state index is 13.1. The molecule has 1 aliphatic carbocycles. The molecule has 4 rings (SSSR count). The average Bonchev–Trinajstić information content (AvgIpc) is 2.73. The number of Topliss-reactive ketones (excluding diaryl/α,β-unsaturated/α-hetero) is 1. The Morgan fingerprint density at radius 1 is 1.03 bits per heavy atom. The van der Waals surface area contributed by atoms with Crippen LogP contribution in [-0.4, -0.2) is 27.7 Å². The summed E-state index contributed by atoms with van der Waals surface area (Å²) in [5, 5.41) is 20.0. The highest BCUT2D eigenvalue weighted by Crippen LogP contribution is 2.43. The summed E-state index contributed by atoms with van der Waals surface area (Å²) < 4.78 is 0. The van der Waals surface area contributed by atoms with Gasteiger partial charge in [0.25, 0.3) is 5.69 Å². The van der Waals surface area contributed by atoms with Crippen molar-refractivity contribution in [1.82, 2.24) is 0 Å². The van der Waals surface area contributed by atoms with Gasteiger partial charge >= 0.3 is 5.97 Å². The first-order valence-electron chi connectivity index (χ1n) is 9.53. The van der Waals surface area contributed by atoms with Gasteiger partial charge < -0.3 is 5.11 Å². The summed E-state index contributed by atoms with van der Waals surface area (Å²) in [7, 11) is 0. The number of carbonyl (C=O) groups is 3. The number of rotatable bonds is 4. The van der Waals surface area contributed by atoms with Gasteiger partial charge in [-0.1, -0.05) is 12.1 Å². The number of anilines is 1. The predicted octanol–water partition coefficient (Wildman–Crippen LogP) is 3.82. The molecule has 0 fully saturated rings.